The second kappa shape index (κ2) is 3.13. The van der Waals surface area contributed by atoms with Crippen LogP contribution in [0.3, 0.4) is 0 Å². The molecule has 1 aliphatic carbocycles. The molecule has 4 aliphatic rings. The lowest BCUT2D eigenvalue weighted by Crippen LogP contribution is -2.54. The fraction of sp³-hybridized carbons (Fsp3) is 1.00. The van der Waals surface area contributed by atoms with Gasteiger partial charge in [0.15, 0.2) is 16.1 Å². The summed E-state index contributed by atoms with van der Waals surface area (Å²) in [6.45, 7) is 7.66. The summed E-state index contributed by atoms with van der Waals surface area (Å²) in [7, 11) is 0. The minimum absolute atomic E-state index is 0.0250. The van der Waals surface area contributed by atoms with Crippen LogP contribution in [0.15, 0.2) is 0 Å². The summed E-state index contributed by atoms with van der Waals surface area (Å²) in [5.41, 5.74) is 0. The van der Waals surface area contributed by atoms with Crippen molar-refractivity contribution in [2.24, 2.45) is 0 Å². The molecule has 0 N–H and O–H groups in total. The Labute approximate surface area is 114 Å². The van der Waals surface area contributed by atoms with E-state index in [0.29, 0.717) is 0 Å². The number of hydrogen-bond acceptors (Lipinski definition) is 5. The lowest BCUT2D eigenvalue weighted by molar-refractivity contribution is -0.175. The molecule has 0 radical (unpaired) electrons. The largest absolute Gasteiger partial charge is 0.348 e. The molecule has 0 spiro atoms. The van der Waals surface area contributed by atoms with Gasteiger partial charge in [0.2, 0.25) is 0 Å². The van der Waals surface area contributed by atoms with Crippen molar-refractivity contribution in [3.63, 3.8) is 0 Å². The van der Waals surface area contributed by atoms with Crippen LogP contribution in [0.25, 0.3) is 0 Å². The van der Waals surface area contributed by atoms with Crippen LogP contribution in [-0.4, -0.2) is 46.6 Å². The molecular formula is C12H17BrO5. The van der Waals surface area contributed by atoms with Gasteiger partial charge in [-0.2, -0.15) is 0 Å². The summed E-state index contributed by atoms with van der Waals surface area (Å²) < 4.78 is 29.2. The highest BCUT2D eigenvalue weighted by atomic mass is 79.9. The highest BCUT2D eigenvalue weighted by molar-refractivity contribution is 9.10. The van der Waals surface area contributed by atoms with Crippen LogP contribution >= 0.6 is 15.9 Å². The Kier molecular flexibility index (Phi) is 2.09. The van der Waals surface area contributed by atoms with Crippen molar-refractivity contribution in [3.8, 4) is 0 Å². The molecule has 3 aliphatic heterocycles. The van der Waals surface area contributed by atoms with Crippen LogP contribution in [0.2, 0.25) is 0 Å². The average molecular weight is 321 g/mol. The van der Waals surface area contributed by atoms with Gasteiger partial charge in [0.25, 0.3) is 0 Å². The molecule has 0 bridgehead atoms. The van der Waals surface area contributed by atoms with Crippen LogP contribution < -0.4 is 0 Å². The molecule has 5 nitrogen and oxygen atoms in total. The van der Waals surface area contributed by atoms with Crippen molar-refractivity contribution < 1.29 is 23.7 Å². The van der Waals surface area contributed by atoms with Gasteiger partial charge in [-0.1, -0.05) is 0 Å². The number of alkyl halides is 1. The van der Waals surface area contributed by atoms with Crippen molar-refractivity contribution in [2.75, 3.05) is 0 Å². The summed E-state index contributed by atoms with van der Waals surface area (Å²) in [4.78, 5) is 0. The number of hydrogen-bond donors (Lipinski definition) is 0. The Hall–Kier alpha value is 0.280. The lowest BCUT2D eigenvalue weighted by Gasteiger charge is -2.30. The molecule has 1 saturated carbocycles. The first-order chi connectivity index (χ1) is 8.22. The van der Waals surface area contributed by atoms with Gasteiger partial charge >= 0.3 is 0 Å². The molecule has 0 amide bonds. The molecule has 4 fully saturated rings. The fourth-order valence-corrected chi connectivity index (χ4v) is 4.14. The summed E-state index contributed by atoms with van der Waals surface area (Å²) in [5.74, 6) is -1.21. The Balaban J connectivity index is 1.71. The molecule has 6 heteroatoms. The van der Waals surface area contributed by atoms with Gasteiger partial charge in [-0.05, 0) is 43.6 Å². The van der Waals surface area contributed by atoms with Crippen LogP contribution in [0.4, 0.5) is 0 Å². The number of halogens is 1. The second-order valence-corrected chi connectivity index (χ2v) is 7.56. The van der Waals surface area contributed by atoms with Crippen molar-refractivity contribution in [1.82, 2.24) is 0 Å². The molecule has 0 aromatic carbocycles. The maximum absolute atomic E-state index is 5.99. The number of fused-ring (bicyclic) bond motifs is 6. The van der Waals surface area contributed by atoms with Crippen molar-refractivity contribution in [1.29, 1.82) is 0 Å². The van der Waals surface area contributed by atoms with Crippen LogP contribution in [0.5, 0.6) is 0 Å². The highest BCUT2D eigenvalue weighted by Crippen LogP contribution is 2.60. The summed E-state index contributed by atoms with van der Waals surface area (Å²) >= 11 is 3.64. The lowest BCUT2D eigenvalue weighted by atomic mass is 9.90. The molecule has 3 heterocycles. The number of ether oxygens (including phenoxy) is 5. The summed E-state index contributed by atoms with van der Waals surface area (Å²) in [5, 5.41) is 0. The molecule has 0 aromatic heterocycles. The molecule has 4 rings (SSSR count). The van der Waals surface area contributed by atoms with Gasteiger partial charge in [0.05, 0.1) is 0 Å². The number of epoxide rings is 1. The quantitative estimate of drug-likeness (QED) is 0.500. The monoisotopic (exact) mass is 320 g/mol. The van der Waals surface area contributed by atoms with E-state index in [1.807, 2.05) is 27.7 Å². The maximum Gasteiger partial charge on any atom is 0.180 e. The zero-order valence-electron chi connectivity index (χ0n) is 10.8. The van der Waals surface area contributed by atoms with Gasteiger partial charge in [0.1, 0.15) is 30.5 Å². The maximum atomic E-state index is 5.99. The average Bonchev–Trinajstić information content (AvgIpc) is 2.62. The van der Waals surface area contributed by atoms with Gasteiger partial charge in [0, 0.05) is 0 Å². The van der Waals surface area contributed by atoms with E-state index in [-0.39, 0.29) is 30.5 Å². The molecule has 102 valence electrons. The third-order valence-electron chi connectivity index (χ3n) is 3.94. The Morgan fingerprint density at radius 2 is 1.11 bits per heavy atom. The van der Waals surface area contributed by atoms with E-state index >= 15 is 0 Å². The molecule has 3 saturated heterocycles. The van der Waals surface area contributed by atoms with Gasteiger partial charge in [-0.3, -0.25) is 0 Å². The predicted molar refractivity (Wildman–Crippen MR) is 64.2 cm³/mol. The smallest absolute Gasteiger partial charge is 0.180 e. The van der Waals surface area contributed by atoms with Crippen molar-refractivity contribution in [2.45, 2.75) is 74.3 Å². The van der Waals surface area contributed by atoms with Crippen LogP contribution in [0.1, 0.15) is 27.7 Å². The van der Waals surface area contributed by atoms with E-state index in [4.69, 9.17) is 23.7 Å². The molecule has 0 unspecified atom stereocenters. The normalized spacial score (nSPS) is 58.8. The number of rotatable bonds is 0. The van der Waals surface area contributed by atoms with Gasteiger partial charge < -0.3 is 23.7 Å². The SMILES string of the molecule is CC1(C)O[C@H]2[C@H]3OC(C)(C)O[C@H]3[C@@]3(Br)O[C@H]3[C@H]2O1. The molecule has 6 atom stereocenters. The van der Waals surface area contributed by atoms with E-state index in [2.05, 4.69) is 15.9 Å². The van der Waals surface area contributed by atoms with E-state index in [9.17, 15) is 0 Å². The Bertz CT molecular complexity index is 411. The standard InChI is InChI=1S/C12H17BrO5/c1-10(2)14-5-6-8(17-11(3,4)16-6)12(13)9(18-12)7(5)15-10/h5-9H,1-4H3/t5-,6+,7-,8+,9-,12+/m0/s1. The molecular weight excluding hydrogens is 304 g/mol. The third-order valence-corrected chi connectivity index (χ3v) is 5.03. The van der Waals surface area contributed by atoms with E-state index < -0.39 is 16.1 Å². The highest BCUT2D eigenvalue weighted by Gasteiger charge is 2.78. The first-order valence-corrected chi connectivity index (χ1v) is 7.09. The minimum Gasteiger partial charge on any atom is -0.348 e. The zero-order chi connectivity index (χ0) is 12.9. The topological polar surface area (TPSA) is 49.5 Å². The third kappa shape index (κ3) is 1.45. The van der Waals surface area contributed by atoms with Crippen LogP contribution in [0, 0.1) is 0 Å². The van der Waals surface area contributed by atoms with Crippen molar-refractivity contribution >= 4 is 15.9 Å². The summed E-state index contributed by atoms with van der Waals surface area (Å²) in [6.07, 6.45) is -0.577. The summed E-state index contributed by atoms with van der Waals surface area (Å²) in [6, 6.07) is 0. The first-order valence-electron chi connectivity index (χ1n) is 6.30. The zero-order valence-corrected chi connectivity index (χ0v) is 12.4. The Morgan fingerprint density at radius 3 is 1.72 bits per heavy atom. The second-order valence-electron chi connectivity index (χ2n) is 6.32. The van der Waals surface area contributed by atoms with E-state index in [0.717, 1.165) is 0 Å². The Morgan fingerprint density at radius 1 is 0.667 bits per heavy atom. The molecule has 18 heavy (non-hydrogen) atoms. The predicted octanol–water partition coefficient (Wildman–Crippen LogP) is 1.53. The van der Waals surface area contributed by atoms with E-state index in [1.54, 1.807) is 0 Å². The van der Waals surface area contributed by atoms with Gasteiger partial charge in [-0.25, -0.2) is 0 Å². The van der Waals surface area contributed by atoms with Crippen LogP contribution in [-0.2, 0) is 23.7 Å². The first kappa shape index (κ1) is 12.1. The fourth-order valence-electron chi connectivity index (χ4n) is 3.32. The van der Waals surface area contributed by atoms with E-state index in [1.165, 1.54) is 0 Å². The molecule has 0 aromatic rings. The van der Waals surface area contributed by atoms with Crippen molar-refractivity contribution in [3.05, 3.63) is 0 Å². The minimum atomic E-state index is -0.614. The van der Waals surface area contributed by atoms with Gasteiger partial charge in [-0.15, -0.1) is 0 Å².